The van der Waals surface area contributed by atoms with Gasteiger partial charge in [0.2, 0.25) is 0 Å². The Morgan fingerprint density at radius 2 is 2.00 bits per heavy atom. The van der Waals surface area contributed by atoms with E-state index >= 15 is 0 Å². The minimum atomic E-state index is -0.245. The molecule has 0 fully saturated rings. The van der Waals surface area contributed by atoms with Crippen LogP contribution in [0.1, 0.15) is 30.0 Å². The Labute approximate surface area is 135 Å². The van der Waals surface area contributed by atoms with Crippen molar-refractivity contribution in [3.8, 4) is 0 Å². The fraction of sp³-hybridized carbons (Fsp3) is 0.412. The molecule has 0 aliphatic heterocycles. The maximum absolute atomic E-state index is 13.2. The van der Waals surface area contributed by atoms with Gasteiger partial charge in [0, 0.05) is 31.6 Å². The van der Waals surface area contributed by atoms with Crippen molar-refractivity contribution in [3.05, 3.63) is 47.1 Å². The van der Waals surface area contributed by atoms with Crippen LogP contribution in [-0.2, 0) is 19.4 Å². The fourth-order valence-corrected chi connectivity index (χ4v) is 2.67. The van der Waals surface area contributed by atoms with E-state index in [0.717, 1.165) is 60.0 Å². The van der Waals surface area contributed by atoms with Gasteiger partial charge in [-0.1, -0.05) is 6.92 Å². The van der Waals surface area contributed by atoms with Crippen LogP contribution < -0.4 is 0 Å². The number of aromatic nitrogens is 4. The Balaban J connectivity index is 1.61. The van der Waals surface area contributed by atoms with E-state index in [9.17, 15) is 4.39 Å². The van der Waals surface area contributed by atoms with Crippen LogP contribution in [0.25, 0.3) is 11.0 Å². The number of imidazole rings is 2. The number of hydrogen-bond acceptors (Lipinski definition) is 3. The number of aromatic amines is 2. The van der Waals surface area contributed by atoms with Crippen molar-refractivity contribution in [1.82, 2.24) is 24.8 Å². The van der Waals surface area contributed by atoms with Crippen molar-refractivity contribution in [1.29, 1.82) is 0 Å². The van der Waals surface area contributed by atoms with Crippen LogP contribution in [0.5, 0.6) is 0 Å². The van der Waals surface area contributed by atoms with E-state index in [1.54, 1.807) is 6.07 Å². The molecule has 122 valence electrons. The molecule has 0 amide bonds. The summed E-state index contributed by atoms with van der Waals surface area (Å²) in [7, 11) is 2.07. The molecule has 0 radical (unpaired) electrons. The van der Waals surface area contributed by atoms with Crippen LogP contribution in [-0.4, -0.2) is 38.4 Å². The quantitative estimate of drug-likeness (QED) is 0.735. The number of benzene rings is 1. The fourth-order valence-electron chi connectivity index (χ4n) is 2.67. The molecule has 0 atom stereocenters. The number of H-pyrrole nitrogens is 2. The van der Waals surface area contributed by atoms with E-state index in [1.165, 1.54) is 12.1 Å². The number of nitrogens with zero attached hydrogens (tertiary/aromatic N) is 3. The Bertz CT molecular complexity index is 805. The molecular weight excluding hydrogens is 293 g/mol. The maximum atomic E-state index is 13.2. The number of hydrogen-bond donors (Lipinski definition) is 2. The number of halogens is 1. The highest BCUT2D eigenvalue weighted by Gasteiger charge is 2.10. The predicted molar refractivity (Wildman–Crippen MR) is 88.8 cm³/mol. The average Bonchev–Trinajstić information content (AvgIpc) is 3.08. The van der Waals surface area contributed by atoms with Crippen LogP contribution in [0, 0.1) is 12.7 Å². The minimum absolute atomic E-state index is 0.245. The van der Waals surface area contributed by atoms with Crippen molar-refractivity contribution >= 4 is 11.0 Å². The summed E-state index contributed by atoms with van der Waals surface area (Å²) in [5.41, 5.74) is 3.78. The molecule has 23 heavy (non-hydrogen) atoms. The van der Waals surface area contributed by atoms with Crippen LogP contribution in [0.3, 0.4) is 0 Å². The Hall–Kier alpha value is -2.21. The number of nitrogens with one attached hydrogen (secondary N) is 2. The van der Waals surface area contributed by atoms with Gasteiger partial charge in [-0.3, -0.25) is 0 Å². The topological polar surface area (TPSA) is 60.6 Å². The third-order valence-corrected chi connectivity index (χ3v) is 4.01. The summed E-state index contributed by atoms with van der Waals surface area (Å²) < 4.78 is 13.2. The predicted octanol–water partition coefficient (Wildman–Crippen LogP) is 2.97. The van der Waals surface area contributed by atoms with Gasteiger partial charge in [0.1, 0.15) is 17.5 Å². The van der Waals surface area contributed by atoms with E-state index in [4.69, 9.17) is 0 Å². The molecule has 0 aliphatic carbocycles. The lowest BCUT2D eigenvalue weighted by atomic mass is 10.3. The van der Waals surface area contributed by atoms with Gasteiger partial charge in [0.25, 0.3) is 0 Å². The smallest absolute Gasteiger partial charge is 0.125 e. The molecule has 0 saturated carbocycles. The van der Waals surface area contributed by atoms with Crippen LogP contribution in [0.4, 0.5) is 4.39 Å². The zero-order valence-corrected chi connectivity index (χ0v) is 13.8. The van der Waals surface area contributed by atoms with E-state index in [0.29, 0.717) is 0 Å². The first kappa shape index (κ1) is 15.7. The van der Waals surface area contributed by atoms with E-state index in [2.05, 4.69) is 45.7 Å². The summed E-state index contributed by atoms with van der Waals surface area (Å²) in [4.78, 5) is 17.8. The van der Waals surface area contributed by atoms with E-state index in [1.807, 2.05) is 0 Å². The van der Waals surface area contributed by atoms with Gasteiger partial charge in [-0.25, -0.2) is 14.4 Å². The summed E-state index contributed by atoms with van der Waals surface area (Å²) in [6.45, 7) is 5.81. The number of aryl methyl sites for hydroxylation is 2. The summed E-state index contributed by atoms with van der Waals surface area (Å²) in [5.74, 6) is 1.67. The van der Waals surface area contributed by atoms with Gasteiger partial charge in [0.15, 0.2) is 0 Å². The van der Waals surface area contributed by atoms with Gasteiger partial charge in [-0.05, 0) is 32.2 Å². The summed E-state index contributed by atoms with van der Waals surface area (Å²) in [6, 6.07) is 4.62. The lowest BCUT2D eigenvalue weighted by Gasteiger charge is -2.14. The van der Waals surface area contributed by atoms with Gasteiger partial charge in [-0.2, -0.15) is 0 Å². The standard InChI is InChI=1S/C17H22FN5/c1-4-16-19-11(2)15(22-16)10-23(3)8-7-17-20-13-6-5-12(18)9-14(13)21-17/h5-6,9H,4,7-8,10H2,1-3H3,(H,19,22)(H,20,21). The third-order valence-electron chi connectivity index (χ3n) is 4.01. The molecular formula is C17H22FN5. The van der Waals surface area contributed by atoms with E-state index in [-0.39, 0.29) is 5.82 Å². The number of rotatable bonds is 6. The highest BCUT2D eigenvalue weighted by Crippen LogP contribution is 2.14. The van der Waals surface area contributed by atoms with Gasteiger partial charge >= 0.3 is 0 Å². The Morgan fingerprint density at radius 3 is 2.74 bits per heavy atom. The van der Waals surface area contributed by atoms with Gasteiger partial charge in [-0.15, -0.1) is 0 Å². The molecule has 2 N–H and O–H groups in total. The van der Waals surface area contributed by atoms with Gasteiger partial charge < -0.3 is 14.9 Å². The Morgan fingerprint density at radius 1 is 1.17 bits per heavy atom. The zero-order valence-electron chi connectivity index (χ0n) is 13.8. The SMILES string of the molecule is CCc1nc(CN(C)CCc2nc3ccc(F)cc3[nH]2)c(C)[nH]1. The van der Waals surface area contributed by atoms with Crippen LogP contribution >= 0.6 is 0 Å². The molecule has 2 aromatic heterocycles. The van der Waals surface area contributed by atoms with E-state index < -0.39 is 0 Å². The molecule has 0 spiro atoms. The van der Waals surface area contributed by atoms with Crippen LogP contribution in [0.2, 0.25) is 0 Å². The van der Waals surface area contributed by atoms with Crippen molar-refractivity contribution in [2.75, 3.05) is 13.6 Å². The molecule has 1 aromatic carbocycles. The van der Waals surface area contributed by atoms with Crippen molar-refractivity contribution in [2.24, 2.45) is 0 Å². The molecule has 5 nitrogen and oxygen atoms in total. The molecule has 0 bridgehead atoms. The van der Waals surface area contributed by atoms with Gasteiger partial charge in [0.05, 0.1) is 16.7 Å². The highest BCUT2D eigenvalue weighted by atomic mass is 19.1. The zero-order chi connectivity index (χ0) is 16.4. The average molecular weight is 315 g/mol. The first-order valence-corrected chi connectivity index (χ1v) is 7.92. The summed E-state index contributed by atoms with van der Waals surface area (Å²) >= 11 is 0. The molecule has 6 heteroatoms. The number of likely N-dealkylation sites (N-methyl/N-ethyl adjacent to an activating group) is 1. The minimum Gasteiger partial charge on any atom is -0.346 e. The molecule has 0 saturated heterocycles. The second-order valence-electron chi connectivity index (χ2n) is 5.94. The first-order chi connectivity index (χ1) is 11.0. The van der Waals surface area contributed by atoms with Crippen molar-refractivity contribution < 1.29 is 4.39 Å². The monoisotopic (exact) mass is 315 g/mol. The second-order valence-corrected chi connectivity index (χ2v) is 5.94. The second kappa shape index (κ2) is 6.50. The lowest BCUT2D eigenvalue weighted by molar-refractivity contribution is 0.324. The van der Waals surface area contributed by atoms with Crippen molar-refractivity contribution in [2.45, 2.75) is 33.2 Å². The molecule has 2 heterocycles. The summed E-state index contributed by atoms with van der Waals surface area (Å²) in [6.07, 6.45) is 1.71. The molecule has 0 aliphatic rings. The normalized spacial score (nSPS) is 11.7. The lowest BCUT2D eigenvalue weighted by Crippen LogP contribution is -2.21. The van der Waals surface area contributed by atoms with Crippen molar-refractivity contribution in [3.63, 3.8) is 0 Å². The first-order valence-electron chi connectivity index (χ1n) is 7.92. The third kappa shape index (κ3) is 3.59. The Kier molecular flexibility index (Phi) is 4.43. The number of fused-ring (bicyclic) bond motifs is 1. The molecule has 3 aromatic rings. The molecule has 0 unspecified atom stereocenters. The molecule has 3 rings (SSSR count). The highest BCUT2D eigenvalue weighted by molar-refractivity contribution is 5.74. The maximum Gasteiger partial charge on any atom is 0.125 e. The largest absolute Gasteiger partial charge is 0.346 e. The van der Waals surface area contributed by atoms with Crippen LogP contribution in [0.15, 0.2) is 18.2 Å². The summed E-state index contributed by atoms with van der Waals surface area (Å²) in [5, 5.41) is 0.